The van der Waals surface area contributed by atoms with Gasteiger partial charge in [-0.25, -0.2) is 0 Å². The Morgan fingerprint density at radius 1 is 1.62 bits per heavy atom. The van der Waals surface area contributed by atoms with Gasteiger partial charge in [-0.05, 0) is 0 Å². The van der Waals surface area contributed by atoms with E-state index in [2.05, 4.69) is 6.95 Å². The zero-order chi connectivity index (χ0) is 6.24. The molecule has 0 amide bonds. The molecular formula is C4H12N2OSb. The average Bonchev–Trinajstić information content (AvgIpc) is 1.81. The summed E-state index contributed by atoms with van der Waals surface area (Å²) < 4.78 is 11.2. The standard InChI is InChI=1S/C3H8NO.CH4N.Sb/c1-5-3-2-4;1-2;/h4H,2-3H2,1H3;2H,1H3;/q2*-1;+2. The Morgan fingerprint density at radius 2 is 2.38 bits per heavy atom. The van der Waals surface area contributed by atoms with E-state index < -0.39 is 0 Å². The first kappa shape index (κ1) is 8.70. The molecule has 2 N–H and O–H groups in total. The van der Waals surface area contributed by atoms with Crippen LogP contribution >= 0.6 is 0 Å². The van der Waals surface area contributed by atoms with Crippen LogP contribution in [0, 0.1) is 0 Å². The molecule has 0 unspecified atom stereocenters. The fourth-order valence-corrected chi connectivity index (χ4v) is 1.31. The van der Waals surface area contributed by atoms with Gasteiger partial charge >= 0.3 is 61.2 Å². The molecule has 0 spiro atoms. The Kier molecular flexibility index (Phi) is 8.37. The second kappa shape index (κ2) is 7.70. The van der Waals surface area contributed by atoms with Crippen LogP contribution in [0.5, 0.6) is 0 Å². The summed E-state index contributed by atoms with van der Waals surface area (Å²) >= 11 is -0.261. The Bertz CT molecular complexity index is 39.0. The summed E-state index contributed by atoms with van der Waals surface area (Å²) in [6, 6.07) is 0. The van der Waals surface area contributed by atoms with Crippen LogP contribution in [0.3, 0.4) is 0 Å². The van der Waals surface area contributed by atoms with Crippen LogP contribution in [0.15, 0.2) is 0 Å². The average molecular weight is 226 g/mol. The Labute approximate surface area is 61.4 Å². The third kappa shape index (κ3) is 6.70. The third-order valence-corrected chi connectivity index (χ3v) is 2.34. The molecule has 0 aliphatic rings. The van der Waals surface area contributed by atoms with Crippen LogP contribution in [0.2, 0.25) is 0 Å². The van der Waals surface area contributed by atoms with Gasteiger partial charge in [-0.15, -0.1) is 0 Å². The van der Waals surface area contributed by atoms with E-state index >= 15 is 0 Å². The number of nitrogens with one attached hydrogen (secondary N) is 2. The van der Waals surface area contributed by atoms with Crippen LogP contribution in [0.1, 0.15) is 0 Å². The molecule has 0 aliphatic heterocycles. The van der Waals surface area contributed by atoms with Gasteiger partial charge in [0, 0.05) is 0 Å². The van der Waals surface area contributed by atoms with Crippen LogP contribution < -0.4 is 6.95 Å². The number of hydrogen-bond donors (Lipinski definition) is 2. The first-order chi connectivity index (χ1) is 3.91. The molecule has 0 rings (SSSR count). The Morgan fingerprint density at radius 3 is 2.88 bits per heavy atom. The van der Waals surface area contributed by atoms with Crippen LogP contribution in [0.25, 0.3) is 0 Å². The number of hydrogen-bond acceptors (Lipinski definition) is 3. The van der Waals surface area contributed by atoms with Crippen molar-refractivity contribution in [3.05, 3.63) is 0 Å². The van der Waals surface area contributed by atoms with Gasteiger partial charge in [0.05, 0.1) is 0 Å². The van der Waals surface area contributed by atoms with Gasteiger partial charge in [0.25, 0.3) is 0 Å². The molecule has 0 saturated carbocycles. The van der Waals surface area contributed by atoms with Gasteiger partial charge in [-0.1, -0.05) is 0 Å². The predicted octanol–water partition coefficient (Wildman–Crippen LogP) is -1.02. The van der Waals surface area contributed by atoms with Gasteiger partial charge in [-0.3, -0.25) is 0 Å². The summed E-state index contributed by atoms with van der Waals surface area (Å²) in [4.78, 5) is 0. The molecule has 4 heteroatoms. The number of rotatable bonds is 5. The van der Waals surface area contributed by atoms with Crippen molar-refractivity contribution in [3.8, 4) is 0 Å². The second-order valence-corrected chi connectivity index (χ2v) is 4.05. The zero-order valence-corrected chi connectivity index (χ0v) is 7.82. The molecule has 8 heavy (non-hydrogen) atoms. The van der Waals surface area contributed by atoms with Crippen molar-refractivity contribution in [2.24, 2.45) is 0 Å². The fraction of sp³-hybridized carbons (Fsp3) is 1.00. The molecule has 49 valence electrons. The second-order valence-electron chi connectivity index (χ2n) is 1.24. The minimum absolute atomic E-state index is 0.261. The van der Waals surface area contributed by atoms with Crippen molar-refractivity contribution < 1.29 is 4.74 Å². The van der Waals surface area contributed by atoms with E-state index in [1.54, 1.807) is 7.11 Å². The van der Waals surface area contributed by atoms with E-state index in [0.717, 1.165) is 13.2 Å². The van der Waals surface area contributed by atoms with E-state index in [-0.39, 0.29) is 22.2 Å². The summed E-state index contributed by atoms with van der Waals surface area (Å²) in [7, 11) is 3.68. The van der Waals surface area contributed by atoms with Crippen LogP contribution in [-0.4, -0.2) is 49.5 Å². The predicted molar refractivity (Wildman–Crippen MR) is 34.7 cm³/mol. The molecule has 0 saturated heterocycles. The van der Waals surface area contributed by atoms with Crippen molar-refractivity contribution in [2.75, 3.05) is 27.3 Å². The van der Waals surface area contributed by atoms with Crippen LogP contribution in [-0.2, 0) is 4.74 Å². The fourth-order valence-electron chi connectivity index (χ4n) is 0.283. The number of methoxy groups -OCH3 is 1. The topological polar surface area (TPSA) is 33.3 Å². The molecule has 0 fully saturated rings. The molecule has 1 radical (unpaired) electrons. The minimum atomic E-state index is -0.261. The summed E-state index contributed by atoms with van der Waals surface area (Å²) in [5.41, 5.74) is 0. The molecule has 0 atom stereocenters. The van der Waals surface area contributed by atoms with E-state index in [1.165, 1.54) is 0 Å². The van der Waals surface area contributed by atoms with Gasteiger partial charge < -0.3 is 0 Å². The van der Waals surface area contributed by atoms with Gasteiger partial charge in [-0.2, -0.15) is 0 Å². The quantitative estimate of drug-likeness (QED) is 0.464. The zero-order valence-electron chi connectivity index (χ0n) is 5.27. The van der Waals surface area contributed by atoms with E-state index in [0.29, 0.717) is 0 Å². The number of ether oxygens (including phenoxy) is 1. The van der Waals surface area contributed by atoms with Gasteiger partial charge in [0.15, 0.2) is 0 Å². The van der Waals surface area contributed by atoms with Gasteiger partial charge in [0.2, 0.25) is 0 Å². The first-order valence-corrected chi connectivity index (χ1v) is 5.05. The van der Waals surface area contributed by atoms with E-state index in [4.69, 9.17) is 4.74 Å². The molecule has 0 aromatic rings. The molecule has 0 aromatic carbocycles. The normalized spacial score (nSPS) is 9.75. The Hall–Kier alpha value is 0.698. The Balaban J connectivity index is 2.53. The summed E-state index contributed by atoms with van der Waals surface area (Å²) in [5, 5.41) is 0. The molecular weight excluding hydrogens is 214 g/mol. The van der Waals surface area contributed by atoms with Gasteiger partial charge in [0.1, 0.15) is 0 Å². The van der Waals surface area contributed by atoms with Crippen molar-refractivity contribution in [1.29, 1.82) is 0 Å². The first-order valence-electron chi connectivity index (χ1n) is 2.50. The van der Waals surface area contributed by atoms with E-state index in [1.807, 2.05) is 7.05 Å². The van der Waals surface area contributed by atoms with Crippen molar-refractivity contribution in [1.82, 2.24) is 6.95 Å². The van der Waals surface area contributed by atoms with E-state index in [9.17, 15) is 0 Å². The maximum atomic E-state index is 4.82. The molecule has 0 aromatic heterocycles. The van der Waals surface area contributed by atoms with Crippen molar-refractivity contribution in [2.45, 2.75) is 0 Å². The third-order valence-electron chi connectivity index (χ3n) is 0.609. The molecule has 0 bridgehead atoms. The summed E-state index contributed by atoms with van der Waals surface area (Å²) in [6.07, 6.45) is 0. The van der Waals surface area contributed by atoms with Crippen molar-refractivity contribution in [3.63, 3.8) is 0 Å². The molecule has 0 aliphatic carbocycles. The van der Waals surface area contributed by atoms with Crippen LogP contribution in [0.4, 0.5) is 0 Å². The van der Waals surface area contributed by atoms with Crippen molar-refractivity contribution >= 4 is 22.2 Å². The molecule has 3 nitrogen and oxygen atoms in total. The monoisotopic (exact) mass is 225 g/mol. The molecule has 0 heterocycles. The SMILES string of the molecule is C[NH][Sb][NH]CCOC. The maximum absolute atomic E-state index is 4.82. The summed E-state index contributed by atoms with van der Waals surface area (Å²) in [5.74, 6) is 0. The summed E-state index contributed by atoms with van der Waals surface area (Å²) in [6.45, 7) is 1.80.